The first-order chi connectivity index (χ1) is 8.63. The number of aliphatic hydroxyl groups is 1. The summed E-state index contributed by atoms with van der Waals surface area (Å²) < 4.78 is 26.1. The molecule has 0 unspecified atom stereocenters. The van der Waals surface area contributed by atoms with Gasteiger partial charge >= 0.3 is 0 Å². The zero-order valence-electron chi connectivity index (χ0n) is 9.24. The van der Waals surface area contributed by atoms with Crippen LogP contribution in [0.1, 0.15) is 11.3 Å². The maximum absolute atomic E-state index is 11.9. The Morgan fingerprint density at radius 3 is 2.94 bits per heavy atom. The molecule has 0 amide bonds. The minimum absolute atomic E-state index is 0.0140. The number of aromatic amines is 1. The van der Waals surface area contributed by atoms with Crippen molar-refractivity contribution in [3.05, 3.63) is 35.8 Å². The van der Waals surface area contributed by atoms with Crippen LogP contribution in [-0.2, 0) is 23.2 Å². The summed E-state index contributed by atoms with van der Waals surface area (Å²) in [4.78, 5) is 0. The molecule has 3 N–H and O–H groups in total. The first-order valence-electron chi connectivity index (χ1n) is 5.03. The van der Waals surface area contributed by atoms with Crippen molar-refractivity contribution >= 4 is 10.0 Å². The van der Waals surface area contributed by atoms with Gasteiger partial charge in [0.05, 0.1) is 25.0 Å². The van der Waals surface area contributed by atoms with Gasteiger partial charge in [-0.15, -0.1) is 0 Å². The number of hydrogen-bond donors (Lipinski definition) is 3. The Kier molecular flexibility index (Phi) is 3.65. The van der Waals surface area contributed by atoms with Gasteiger partial charge in [-0.2, -0.15) is 15.3 Å². The van der Waals surface area contributed by atoms with Gasteiger partial charge in [-0.25, -0.2) is 13.1 Å². The van der Waals surface area contributed by atoms with E-state index in [1.165, 1.54) is 12.4 Å². The fraction of sp³-hybridized carbons (Fsp3) is 0.222. The number of aromatic nitrogens is 4. The lowest BCUT2D eigenvalue weighted by atomic mass is 10.4. The van der Waals surface area contributed by atoms with Gasteiger partial charge in [0.2, 0.25) is 0 Å². The Labute approximate surface area is 103 Å². The monoisotopic (exact) mass is 269 g/mol. The highest BCUT2D eigenvalue weighted by Gasteiger charge is 2.20. The molecule has 0 atom stereocenters. The third-order valence-electron chi connectivity index (χ3n) is 2.19. The summed E-state index contributed by atoms with van der Waals surface area (Å²) in [6, 6.07) is 3.31. The minimum atomic E-state index is -3.75. The second-order valence-electron chi connectivity index (χ2n) is 3.42. The molecule has 0 aliphatic heterocycles. The number of aliphatic hydroxyl groups excluding tert-OH is 1. The van der Waals surface area contributed by atoms with Crippen molar-refractivity contribution in [3.63, 3.8) is 0 Å². The molecule has 0 aromatic carbocycles. The first-order valence-corrected chi connectivity index (χ1v) is 6.51. The molecule has 0 saturated carbocycles. The lowest BCUT2D eigenvalue weighted by molar-refractivity contribution is 0.278. The number of nitrogens with one attached hydrogen (secondary N) is 2. The van der Waals surface area contributed by atoms with Crippen LogP contribution in [-0.4, -0.2) is 33.9 Å². The highest BCUT2D eigenvalue weighted by atomic mass is 32.2. The summed E-state index contributed by atoms with van der Waals surface area (Å²) in [6.07, 6.45) is 2.76. The van der Waals surface area contributed by atoms with E-state index < -0.39 is 16.6 Å². The number of H-pyrrole nitrogens is 1. The van der Waals surface area contributed by atoms with Crippen LogP contribution in [0.2, 0.25) is 0 Å². The molecule has 9 heteroatoms. The Morgan fingerprint density at radius 2 is 2.28 bits per heavy atom. The molecular formula is C9H11N5O3S. The molecule has 18 heavy (non-hydrogen) atoms. The van der Waals surface area contributed by atoms with Crippen LogP contribution in [0.5, 0.6) is 0 Å². The van der Waals surface area contributed by atoms with Crippen LogP contribution in [0.4, 0.5) is 0 Å². The predicted molar refractivity (Wildman–Crippen MR) is 60.6 cm³/mol. The van der Waals surface area contributed by atoms with E-state index in [9.17, 15) is 8.42 Å². The Balaban J connectivity index is 2.13. The molecule has 0 fully saturated rings. The second-order valence-corrected chi connectivity index (χ2v) is 5.13. The maximum atomic E-state index is 11.9. The standard InChI is InChI=1S/C9H11N5O3S/c15-6-7-4-11-14-9(7)18(16,17)12-5-8-2-1-3-10-13-8/h1-4,12,15H,5-6H2,(H,11,14). The van der Waals surface area contributed by atoms with E-state index in [0.29, 0.717) is 5.69 Å². The van der Waals surface area contributed by atoms with E-state index in [2.05, 4.69) is 25.1 Å². The van der Waals surface area contributed by atoms with Gasteiger partial charge in [-0.1, -0.05) is 0 Å². The summed E-state index contributed by atoms with van der Waals surface area (Å²) in [5.74, 6) is 0. The van der Waals surface area contributed by atoms with Gasteiger partial charge < -0.3 is 5.11 Å². The zero-order valence-corrected chi connectivity index (χ0v) is 10.1. The quantitative estimate of drug-likeness (QED) is 0.651. The molecule has 2 heterocycles. The fourth-order valence-electron chi connectivity index (χ4n) is 1.31. The summed E-state index contributed by atoms with van der Waals surface area (Å²) in [6.45, 7) is -0.391. The van der Waals surface area contributed by atoms with Crippen LogP contribution in [0.25, 0.3) is 0 Å². The molecule has 0 aliphatic rings. The average Bonchev–Trinajstić information content (AvgIpc) is 2.87. The molecule has 8 nitrogen and oxygen atoms in total. The van der Waals surface area contributed by atoms with Crippen LogP contribution in [0.3, 0.4) is 0 Å². The SMILES string of the molecule is O=S(=O)(NCc1cccnn1)c1[nH]ncc1CO. The van der Waals surface area contributed by atoms with E-state index in [0.717, 1.165) is 0 Å². The third-order valence-corrected chi connectivity index (χ3v) is 3.60. The van der Waals surface area contributed by atoms with E-state index >= 15 is 0 Å². The van der Waals surface area contributed by atoms with E-state index in [4.69, 9.17) is 5.11 Å². The lowest BCUT2D eigenvalue weighted by Gasteiger charge is -2.05. The normalized spacial score (nSPS) is 11.6. The summed E-state index contributed by atoms with van der Waals surface area (Å²) in [5, 5.41) is 22.1. The van der Waals surface area contributed by atoms with Crippen LogP contribution >= 0.6 is 0 Å². The largest absolute Gasteiger partial charge is 0.392 e. The number of hydrogen-bond acceptors (Lipinski definition) is 6. The van der Waals surface area contributed by atoms with Crippen molar-refractivity contribution < 1.29 is 13.5 Å². The van der Waals surface area contributed by atoms with Crippen LogP contribution < -0.4 is 4.72 Å². The van der Waals surface area contributed by atoms with Crippen molar-refractivity contribution in [1.82, 2.24) is 25.1 Å². The van der Waals surface area contributed by atoms with Gasteiger partial charge in [-0.3, -0.25) is 5.10 Å². The van der Waals surface area contributed by atoms with E-state index in [-0.39, 0.29) is 17.1 Å². The van der Waals surface area contributed by atoms with Crippen molar-refractivity contribution in [1.29, 1.82) is 0 Å². The molecule has 2 rings (SSSR count). The molecule has 0 bridgehead atoms. The maximum Gasteiger partial charge on any atom is 0.258 e. The Morgan fingerprint density at radius 1 is 1.44 bits per heavy atom. The van der Waals surface area contributed by atoms with Crippen molar-refractivity contribution in [2.24, 2.45) is 0 Å². The van der Waals surface area contributed by atoms with Gasteiger partial charge in [0.15, 0.2) is 5.03 Å². The molecule has 0 radical (unpaired) electrons. The Hall–Kier alpha value is -1.84. The molecule has 2 aromatic heterocycles. The molecule has 2 aromatic rings. The average molecular weight is 269 g/mol. The first kappa shape index (κ1) is 12.6. The summed E-state index contributed by atoms with van der Waals surface area (Å²) in [7, 11) is -3.75. The predicted octanol–water partition coefficient (Wildman–Crippen LogP) is -0.830. The van der Waals surface area contributed by atoms with Gasteiger partial charge in [0, 0.05) is 11.8 Å². The van der Waals surface area contributed by atoms with Crippen LogP contribution in [0.15, 0.2) is 29.6 Å². The van der Waals surface area contributed by atoms with Crippen molar-refractivity contribution in [2.75, 3.05) is 0 Å². The second kappa shape index (κ2) is 5.21. The molecular weight excluding hydrogens is 258 g/mol. The van der Waals surface area contributed by atoms with Gasteiger partial charge in [0.1, 0.15) is 0 Å². The molecule has 0 saturated heterocycles. The lowest BCUT2D eigenvalue weighted by Crippen LogP contribution is -2.25. The van der Waals surface area contributed by atoms with Gasteiger partial charge in [0.25, 0.3) is 10.0 Å². The topological polar surface area (TPSA) is 121 Å². The highest BCUT2D eigenvalue weighted by Crippen LogP contribution is 2.11. The number of rotatable bonds is 5. The summed E-state index contributed by atoms with van der Waals surface area (Å²) in [5.41, 5.74) is 0.702. The van der Waals surface area contributed by atoms with E-state index in [1.54, 1.807) is 12.1 Å². The number of nitrogens with zero attached hydrogens (tertiary/aromatic N) is 3. The fourth-order valence-corrected chi connectivity index (χ4v) is 2.43. The molecule has 96 valence electrons. The Bertz CT molecular complexity index is 610. The smallest absolute Gasteiger partial charge is 0.258 e. The van der Waals surface area contributed by atoms with E-state index in [1.807, 2.05) is 0 Å². The minimum Gasteiger partial charge on any atom is -0.392 e. The number of sulfonamides is 1. The third kappa shape index (κ3) is 2.70. The zero-order chi connectivity index (χ0) is 13.0. The van der Waals surface area contributed by atoms with Crippen molar-refractivity contribution in [3.8, 4) is 0 Å². The molecule has 0 aliphatic carbocycles. The highest BCUT2D eigenvalue weighted by molar-refractivity contribution is 7.89. The van der Waals surface area contributed by atoms with Gasteiger partial charge in [-0.05, 0) is 12.1 Å². The summed E-state index contributed by atoms with van der Waals surface area (Å²) >= 11 is 0. The van der Waals surface area contributed by atoms with Crippen LogP contribution in [0, 0.1) is 0 Å². The molecule has 0 spiro atoms. The van der Waals surface area contributed by atoms with Crippen molar-refractivity contribution in [2.45, 2.75) is 18.2 Å².